The second-order valence-electron chi connectivity index (χ2n) is 5.32. The highest BCUT2D eigenvalue weighted by Gasteiger charge is 2.55. The van der Waals surface area contributed by atoms with Crippen molar-refractivity contribution in [2.45, 2.75) is 36.1 Å². The average Bonchev–Trinajstić information content (AvgIpc) is 2.50. The lowest BCUT2D eigenvalue weighted by molar-refractivity contribution is -0.354. The molecular weight excluding hydrogens is 296 g/mol. The third-order valence-corrected chi connectivity index (χ3v) is 3.90. The third-order valence-electron chi connectivity index (χ3n) is 3.90. The van der Waals surface area contributed by atoms with Crippen molar-refractivity contribution in [1.82, 2.24) is 0 Å². The molecule has 1 saturated heterocycles. The van der Waals surface area contributed by atoms with Crippen molar-refractivity contribution >= 4 is 0 Å². The summed E-state index contributed by atoms with van der Waals surface area (Å²) in [5, 5.41) is 68.0. The highest BCUT2D eigenvalue weighted by molar-refractivity contribution is 5.42. The first kappa shape index (κ1) is 16.9. The molecule has 2 rings (SSSR count). The molecule has 1 aliphatic heterocycles. The van der Waals surface area contributed by atoms with Gasteiger partial charge < -0.3 is 40.5 Å². The van der Waals surface area contributed by atoms with Gasteiger partial charge in [0.05, 0.1) is 6.61 Å². The fourth-order valence-corrected chi connectivity index (χ4v) is 2.46. The first-order valence-electron chi connectivity index (χ1n) is 6.62. The molecule has 1 fully saturated rings. The number of rotatable bonds is 3. The summed E-state index contributed by atoms with van der Waals surface area (Å²) < 4.78 is 5.14. The standard InChI is InChI=1S/C14H19O8/c1-6(7-2-3-8(16)9(17)4-7)14(21)13(20)12(19)11(18)10(5-15)22-14/h2-4,6,10-13,15-21H,1,5H2/t6?,10-,11-,12+,13-,14-/m1/s1. The van der Waals surface area contributed by atoms with E-state index in [1.165, 1.54) is 6.07 Å². The minimum Gasteiger partial charge on any atom is -0.504 e. The normalized spacial score (nSPS) is 37.0. The summed E-state index contributed by atoms with van der Waals surface area (Å²) in [7, 11) is 0. The average molecular weight is 315 g/mol. The van der Waals surface area contributed by atoms with Gasteiger partial charge in [-0.3, -0.25) is 0 Å². The zero-order valence-corrected chi connectivity index (χ0v) is 11.6. The summed E-state index contributed by atoms with van der Waals surface area (Å²) in [5.41, 5.74) is 0.206. The van der Waals surface area contributed by atoms with Crippen LogP contribution in [0, 0.1) is 6.92 Å². The van der Waals surface area contributed by atoms with Crippen LogP contribution in [0.2, 0.25) is 0 Å². The predicted molar refractivity (Wildman–Crippen MR) is 72.8 cm³/mol. The molecule has 1 aromatic carbocycles. The molecule has 0 amide bonds. The van der Waals surface area contributed by atoms with E-state index < -0.39 is 48.5 Å². The van der Waals surface area contributed by atoms with Crippen LogP contribution in [0.5, 0.6) is 11.5 Å². The molecule has 0 bridgehead atoms. The minimum atomic E-state index is -2.41. The van der Waals surface area contributed by atoms with Gasteiger partial charge in [-0.2, -0.15) is 0 Å². The van der Waals surface area contributed by atoms with Gasteiger partial charge in [0.2, 0.25) is 5.79 Å². The lowest BCUT2D eigenvalue weighted by Crippen LogP contribution is -2.66. The summed E-state index contributed by atoms with van der Waals surface area (Å²) in [5.74, 6) is -4.43. The van der Waals surface area contributed by atoms with Gasteiger partial charge >= 0.3 is 0 Å². The van der Waals surface area contributed by atoms with Crippen molar-refractivity contribution in [3.63, 3.8) is 0 Å². The first-order valence-corrected chi connectivity index (χ1v) is 6.62. The van der Waals surface area contributed by atoms with Crippen LogP contribution in [0.25, 0.3) is 0 Å². The first-order chi connectivity index (χ1) is 10.2. The van der Waals surface area contributed by atoms with Gasteiger partial charge in [-0.05, 0) is 24.6 Å². The Kier molecular flexibility index (Phi) is 4.62. The predicted octanol–water partition coefficient (Wildman–Crippen LogP) is -1.82. The Labute approximate surface area is 126 Å². The van der Waals surface area contributed by atoms with Gasteiger partial charge in [-0.15, -0.1) is 0 Å². The van der Waals surface area contributed by atoms with Gasteiger partial charge in [-0.1, -0.05) is 6.07 Å². The largest absolute Gasteiger partial charge is 0.504 e. The zero-order valence-electron chi connectivity index (χ0n) is 11.6. The minimum absolute atomic E-state index is 0.206. The number of ether oxygens (including phenoxy) is 1. The molecule has 0 aliphatic carbocycles. The molecule has 0 saturated carbocycles. The number of aromatic hydroxyl groups is 2. The van der Waals surface area contributed by atoms with Crippen LogP contribution in [-0.2, 0) is 4.74 Å². The number of phenolic OH excluding ortho intramolecular Hbond substituents is 2. The smallest absolute Gasteiger partial charge is 0.202 e. The molecule has 1 aromatic rings. The van der Waals surface area contributed by atoms with Crippen molar-refractivity contribution in [3.8, 4) is 11.5 Å². The fourth-order valence-electron chi connectivity index (χ4n) is 2.46. The molecular formula is C14H19O8. The van der Waals surface area contributed by atoms with Crippen molar-refractivity contribution in [3.05, 3.63) is 30.7 Å². The van der Waals surface area contributed by atoms with E-state index in [1.54, 1.807) is 0 Å². The van der Waals surface area contributed by atoms with E-state index >= 15 is 0 Å². The van der Waals surface area contributed by atoms with Crippen LogP contribution in [0.4, 0.5) is 0 Å². The molecule has 1 radical (unpaired) electrons. The second-order valence-corrected chi connectivity index (χ2v) is 5.32. The van der Waals surface area contributed by atoms with E-state index in [9.17, 15) is 30.6 Å². The SMILES string of the molecule is [CH2]C(c1ccc(O)c(O)c1)[C@@]1(O)O[C@H](CO)[C@@H](O)[C@H](O)[C@H]1O. The molecule has 8 heteroatoms. The maximum absolute atomic E-state index is 10.6. The summed E-state index contributed by atoms with van der Waals surface area (Å²) in [6.07, 6.45) is -6.56. The molecule has 0 aromatic heterocycles. The summed E-state index contributed by atoms with van der Waals surface area (Å²) in [4.78, 5) is 0. The number of phenols is 2. The Morgan fingerprint density at radius 3 is 2.32 bits per heavy atom. The molecule has 22 heavy (non-hydrogen) atoms. The Morgan fingerprint density at radius 2 is 1.77 bits per heavy atom. The summed E-state index contributed by atoms with van der Waals surface area (Å²) in [6, 6.07) is 3.62. The number of aliphatic hydroxyl groups excluding tert-OH is 4. The van der Waals surface area contributed by atoms with Crippen LogP contribution in [-0.4, -0.2) is 72.6 Å². The topological polar surface area (TPSA) is 151 Å². The highest BCUT2D eigenvalue weighted by Crippen LogP contribution is 2.40. The molecule has 6 atom stereocenters. The van der Waals surface area contributed by atoms with Gasteiger partial charge in [0.25, 0.3) is 0 Å². The van der Waals surface area contributed by atoms with Crippen LogP contribution in [0.1, 0.15) is 11.5 Å². The molecule has 123 valence electrons. The van der Waals surface area contributed by atoms with E-state index in [1.807, 2.05) is 0 Å². The van der Waals surface area contributed by atoms with Crippen LogP contribution in [0.3, 0.4) is 0 Å². The lowest BCUT2D eigenvalue weighted by Gasteiger charge is -2.48. The van der Waals surface area contributed by atoms with Crippen molar-refractivity contribution < 1.29 is 40.5 Å². The van der Waals surface area contributed by atoms with E-state index in [2.05, 4.69) is 6.92 Å². The molecule has 1 unspecified atom stereocenters. The number of benzene rings is 1. The van der Waals surface area contributed by atoms with Crippen molar-refractivity contribution in [1.29, 1.82) is 0 Å². The quantitative estimate of drug-likeness (QED) is 0.322. The number of hydrogen-bond acceptors (Lipinski definition) is 8. The van der Waals surface area contributed by atoms with E-state index in [0.717, 1.165) is 12.1 Å². The monoisotopic (exact) mass is 315 g/mol. The maximum Gasteiger partial charge on any atom is 0.202 e. The molecule has 8 nitrogen and oxygen atoms in total. The lowest BCUT2D eigenvalue weighted by atomic mass is 9.82. The van der Waals surface area contributed by atoms with Crippen molar-refractivity contribution in [2.24, 2.45) is 0 Å². The van der Waals surface area contributed by atoms with Gasteiger partial charge in [0.15, 0.2) is 11.5 Å². The van der Waals surface area contributed by atoms with E-state index in [4.69, 9.17) is 9.84 Å². The highest BCUT2D eigenvalue weighted by atomic mass is 16.7. The Bertz CT molecular complexity index is 534. The van der Waals surface area contributed by atoms with Gasteiger partial charge in [0.1, 0.15) is 24.4 Å². The maximum atomic E-state index is 10.6. The molecule has 7 N–H and O–H groups in total. The fraction of sp³-hybridized carbons (Fsp3) is 0.500. The van der Waals surface area contributed by atoms with Crippen LogP contribution >= 0.6 is 0 Å². The second kappa shape index (κ2) is 5.99. The summed E-state index contributed by atoms with van der Waals surface area (Å²) in [6.45, 7) is 2.96. The molecule has 1 aliphatic rings. The molecule has 0 spiro atoms. The number of aliphatic hydroxyl groups is 5. The molecule has 1 heterocycles. The Balaban J connectivity index is 2.36. The Morgan fingerprint density at radius 1 is 1.14 bits per heavy atom. The van der Waals surface area contributed by atoms with Gasteiger partial charge in [-0.25, -0.2) is 0 Å². The van der Waals surface area contributed by atoms with Crippen molar-refractivity contribution in [2.75, 3.05) is 6.61 Å². The summed E-state index contributed by atoms with van der Waals surface area (Å²) >= 11 is 0. The number of hydrogen-bond donors (Lipinski definition) is 7. The van der Waals surface area contributed by atoms with Crippen LogP contribution < -0.4 is 0 Å². The van der Waals surface area contributed by atoms with E-state index in [-0.39, 0.29) is 11.3 Å². The van der Waals surface area contributed by atoms with E-state index in [0.29, 0.717) is 0 Å². The zero-order chi connectivity index (χ0) is 16.7. The third kappa shape index (κ3) is 2.65. The van der Waals surface area contributed by atoms with Crippen LogP contribution in [0.15, 0.2) is 18.2 Å². The Hall–Kier alpha value is -1.42. The van der Waals surface area contributed by atoms with Gasteiger partial charge in [0, 0.05) is 5.92 Å².